The number of hydrogen-bond acceptors (Lipinski definition) is 9. The molecule has 10 nitrogen and oxygen atoms in total. The molecule has 228 valence electrons. The Balaban J connectivity index is 1.81. The first-order chi connectivity index (χ1) is 20.6. The van der Waals surface area contributed by atoms with Crippen LogP contribution in [-0.2, 0) is 14.3 Å². The molecule has 0 radical (unpaired) electrons. The van der Waals surface area contributed by atoms with E-state index in [9.17, 15) is 19.2 Å². The van der Waals surface area contributed by atoms with Gasteiger partial charge in [0.1, 0.15) is 11.5 Å². The van der Waals surface area contributed by atoms with Crippen LogP contribution in [0, 0.1) is 6.92 Å². The monoisotopic (exact) mass is 590 g/mol. The maximum Gasteiger partial charge on any atom is 0.308 e. The Morgan fingerprint density at radius 1 is 0.884 bits per heavy atom. The van der Waals surface area contributed by atoms with E-state index in [0.29, 0.717) is 37.5 Å². The number of nitrogen functional groups attached to an aromatic ring is 1. The molecule has 0 fully saturated rings. The van der Waals surface area contributed by atoms with Crippen LogP contribution in [0.5, 0.6) is 17.2 Å². The Morgan fingerprint density at radius 2 is 1.60 bits per heavy atom. The summed E-state index contributed by atoms with van der Waals surface area (Å²) in [6, 6.07) is 14.8. The van der Waals surface area contributed by atoms with Crippen molar-refractivity contribution in [1.82, 2.24) is 0 Å². The van der Waals surface area contributed by atoms with Gasteiger partial charge in [0, 0.05) is 20.4 Å². The van der Waals surface area contributed by atoms with Gasteiger partial charge in [0.25, 0.3) is 5.91 Å². The lowest BCUT2D eigenvalue weighted by atomic mass is 9.98. The summed E-state index contributed by atoms with van der Waals surface area (Å²) < 4.78 is 21.7. The van der Waals surface area contributed by atoms with E-state index in [1.54, 1.807) is 32.2 Å². The minimum absolute atomic E-state index is 0.00801. The number of nitrogens with two attached hydrogens (primary N) is 1. The molecule has 0 unspecified atom stereocenters. The summed E-state index contributed by atoms with van der Waals surface area (Å²) in [5.41, 5.74) is 8.28. The summed E-state index contributed by atoms with van der Waals surface area (Å²) in [7, 11) is 2.97. The Labute approximate surface area is 251 Å². The zero-order chi connectivity index (χ0) is 31.5. The molecular formula is C33H38N2O8. The molecular weight excluding hydrogens is 552 g/mol. The molecule has 1 amide bonds. The molecule has 0 aliphatic carbocycles. The first-order valence-corrected chi connectivity index (χ1v) is 14.0. The fourth-order valence-corrected chi connectivity index (χ4v) is 4.50. The first kappa shape index (κ1) is 32.7. The van der Waals surface area contributed by atoms with Crippen molar-refractivity contribution in [3.63, 3.8) is 0 Å². The second-order valence-corrected chi connectivity index (χ2v) is 9.83. The number of esters is 2. The summed E-state index contributed by atoms with van der Waals surface area (Å²) in [5, 5.41) is 0. The number of methoxy groups -OCH3 is 1. The van der Waals surface area contributed by atoms with Crippen LogP contribution in [0.3, 0.4) is 0 Å². The number of carbonyl (C=O) groups excluding carboxylic acids is 4. The van der Waals surface area contributed by atoms with E-state index in [4.69, 9.17) is 24.7 Å². The summed E-state index contributed by atoms with van der Waals surface area (Å²) in [5.74, 6) is -1.02. The smallest absolute Gasteiger partial charge is 0.308 e. The number of unbranched alkanes of at least 4 members (excludes halogenated alkanes) is 2. The van der Waals surface area contributed by atoms with Gasteiger partial charge in [0.2, 0.25) is 5.78 Å². The Kier molecular flexibility index (Phi) is 11.7. The topological polar surface area (TPSA) is 134 Å². The van der Waals surface area contributed by atoms with E-state index in [1.165, 1.54) is 43.2 Å². The molecule has 3 aromatic rings. The molecule has 0 aliphatic heterocycles. The number of aryl methyl sites for hydroxylation is 1. The van der Waals surface area contributed by atoms with Crippen LogP contribution in [-0.4, -0.2) is 51.0 Å². The number of rotatable bonds is 14. The van der Waals surface area contributed by atoms with Crippen LogP contribution < -0.4 is 24.8 Å². The van der Waals surface area contributed by atoms with Crippen LogP contribution >= 0.6 is 0 Å². The number of nitrogens with zero attached hydrogens (tertiary/aromatic N) is 1. The van der Waals surface area contributed by atoms with Crippen molar-refractivity contribution >= 4 is 35.0 Å². The third kappa shape index (κ3) is 8.34. The summed E-state index contributed by atoms with van der Waals surface area (Å²) in [4.78, 5) is 51.6. The van der Waals surface area contributed by atoms with Crippen LogP contribution in [0.15, 0.2) is 54.6 Å². The minimum atomic E-state index is -0.566. The van der Waals surface area contributed by atoms with Gasteiger partial charge in [-0.15, -0.1) is 0 Å². The maximum atomic E-state index is 13.7. The lowest BCUT2D eigenvalue weighted by molar-refractivity contribution is -0.143. The van der Waals surface area contributed by atoms with Crippen molar-refractivity contribution in [1.29, 1.82) is 0 Å². The van der Waals surface area contributed by atoms with Gasteiger partial charge in [-0.1, -0.05) is 18.2 Å². The molecule has 0 aromatic heterocycles. The average molecular weight is 591 g/mol. The second-order valence-electron chi connectivity index (χ2n) is 9.83. The van der Waals surface area contributed by atoms with Gasteiger partial charge in [-0.2, -0.15) is 0 Å². The van der Waals surface area contributed by atoms with Gasteiger partial charge in [-0.05, 0) is 75.1 Å². The minimum Gasteiger partial charge on any atom is -0.494 e. The third-order valence-electron chi connectivity index (χ3n) is 6.63. The molecule has 3 aromatic carbocycles. The van der Waals surface area contributed by atoms with Crippen molar-refractivity contribution in [3.05, 3.63) is 76.9 Å². The van der Waals surface area contributed by atoms with Gasteiger partial charge in [0.05, 0.1) is 48.4 Å². The fraction of sp³-hybridized carbons (Fsp3) is 0.333. The lowest BCUT2D eigenvalue weighted by Gasteiger charge is -2.23. The maximum absolute atomic E-state index is 13.7. The predicted octanol–water partition coefficient (Wildman–Crippen LogP) is 5.52. The van der Waals surface area contributed by atoms with Crippen molar-refractivity contribution in [3.8, 4) is 17.2 Å². The van der Waals surface area contributed by atoms with Crippen molar-refractivity contribution in [2.24, 2.45) is 0 Å². The SMILES string of the molecule is CCOC(=O)CCCCCOc1cc(C)ccc1N(C)C(=O)c1ccc(C(=O)c2ccccc2OC(C)=O)c(OC)c1N. The second kappa shape index (κ2) is 15.4. The van der Waals surface area contributed by atoms with Crippen molar-refractivity contribution in [2.75, 3.05) is 38.0 Å². The number of hydrogen-bond donors (Lipinski definition) is 1. The molecule has 0 spiro atoms. The fourth-order valence-electron chi connectivity index (χ4n) is 4.50. The number of ether oxygens (including phenoxy) is 4. The zero-order valence-corrected chi connectivity index (χ0v) is 25.2. The first-order valence-electron chi connectivity index (χ1n) is 14.0. The molecule has 0 heterocycles. The number of benzene rings is 3. The van der Waals surface area contributed by atoms with E-state index >= 15 is 0 Å². The normalized spacial score (nSPS) is 10.5. The molecule has 0 bridgehead atoms. The van der Waals surface area contributed by atoms with Crippen LogP contribution in [0.4, 0.5) is 11.4 Å². The highest BCUT2D eigenvalue weighted by molar-refractivity contribution is 6.16. The summed E-state index contributed by atoms with van der Waals surface area (Å²) in [6.07, 6.45) is 2.59. The average Bonchev–Trinajstić information content (AvgIpc) is 2.98. The highest BCUT2D eigenvalue weighted by atomic mass is 16.5. The van der Waals surface area contributed by atoms with Crippen LogP contribution in [0.2, 0.25) is 0 Å². The van der Waals surface area contributed by atoms with E-state index in [1.807, 2.05) is 19.1 Å². The van der Waals surface area contributed by atoms with Crippen molar-refractivity contribution < 1.29 is 38.1 Å². The Bertz CT molecular complexity index is 1480. The molecule has 0 saturated heterocycles. The summed E-state index contributed by atoms with van der Waals surface area (Å²) in [6.45, 7) is 5.73. The zero-order valence-electron chi connectivity index (χ0n) is 25.2. The summed E-state index contributed by atoms with van der Waals surface area (Å²) >= 11 is 0. The Hall–Kier alpha value is -4.86. The largest absolute Gasteiger partial charge is 0.494 e. The molecule has 10 heteroatoms. The standard InChI is InChI=1S/C33H38N2O8/c1-6-41-29(37)14-8-7-11-19-42-28-20-21(2)15-18-26(28)35(4)33(39)24-16-17-25(32(40-5)30(24)34)31(38)23-12-9-10-13-27(23)43-22(3)36/h9-10,12-13,15-18,20H,6-8,11,14,19,34H2,1-5H3. The lowest BCUT2D eigenvalue weighted by Crippen LogP contribution is -2.28. The highest BCUT2D eigenvalue weighted by Gasteiger charge is 2.26. The molecule has 2 N–H and O–H groups in total. The quantitative estimate of drug-likeness (QED) is 0.0846. The van der Waals surface area contributed by atoms with E-state index in [0.717, 1.165) is 18.4 Å². The van der Waals surface area contributed by atoms with Gasteiger partial charge >= 0.3 is 11.9 Å². The number of amides is 1. The molecule has 0 atom stereocenters. The molecule has 3 rings (SSSR count). The van der Waals surface area contributed by atoms with Crippen LogP contribution in [0.25, 0.3) is 0 Å². The molecule has 43 heavy (non-hydrogen) atoms. The number of ketones is 1. The van der Waals surface area contributed by atoms with E-state index in [-0.39, 0.29) is 39.8 Å². The number of para-hydroxylation sites is 1. The van der Waals surface area contributed by atoms with Gasteiger partial charge in [-0.3, -0.25) is 19.2 Å². The highest BCUT2D eigenvalue weighted by Crippen LogP contribution is 2.36. The molecule has 0 saturated carbocycles. The number of carbonyl (C=O) groups is 4. The number of anilines is 2. The molecule has 0 aliphatic rings. The van der Waals surface area contributed by atoms with Gasteiger partial charge < -0.3 is 29.6 Å². The van der Waals surface area contributed by atoms with Gasteiger partial charge in [0.15, 0.2) is 5.75 Å². The predicted molar refractivity (Wildman–Crippen MR) is 163 cm³/mol. The third-order valence-corrected chi connectivity index (χ3v) is 6.63. The van der Waals surface area contributed by atoms with E-state index in [2.05, 4.69) is 0 Å². The van der Waals surface area contributed by atoms with Crippen LogP contribution in [0.1, 0.15) is 71.4 Å². The Morgan fingerprint density at radius 3 is 2.30 bits per heavy atom. The van der Waals surface area contributed by atoms with Crippen molar-refractivity contribution in [2.45, 2.75) is 46.5 Å². The van der Waals surface area contributed by atoms with Gasteiger partial charge in [-0.25, -0.2) is 0 Å². The van der Waals surface area contributed by atoms with E-state index < -0.39 is 17.7 Å².